The van der Waals surface area contributed by atoms with E-state index >= 15 is 0 Å². The fraction of sp³-hybridized carbons (Fsp3) is 0.455. The number of ether oxygens (including phenoxy) is 1. The topological polar surface area (TPSA) is 44.7 Å². The zero-order valence-corrected chi connectivity index (χ0v) is 24.3. The van der Waals surface area contributed by atoms with E-state index in [2.05, 4.69) is 82.3 Å². The summed E-state index contributed by atoms with van der Waals surface area (Å²) >= 11 is 1.93. The van der Waals surface area contributed by atoms with Gasteiger partial charge in [0.15, 0.2) is 0 Å². The van der Waals surface area contributed by atoms with E-state index in [1.54, 1.807) is 4.88 Å². The Morgan fingerprint density at radius 3 is 2.23 bits per heavy atom. The first-order valence-electron chi connectivity index (χ1n) is 14.9. The van der Waals surface area contributed by atoms with Crippen LogP contribution >= 0.6 is 11.3 Å². The number of piperazine rings is 1. The van der Waals surface area contributed by atoms with Crippen molar-refractivity contribution in [1.29, 1.82) is 0 Å². The van der Waals surface area contributed by atoms with E-state index in [0.717, 1.165) is 77.2 Å². The molecule has 4 heterocycles. The number of thiophene rings is 1. The third-order valence-corrected chi connectivity index (χ3v) is 10.0. The van der Waals surface area contributed by atoms with Crippen LogP contribution in [0.1, 0.15) is 46.8 Å². The van der Waals surface area contributed by atoms with Gasteiger partial charge in [-0.15, -0.1) is 11.3 Å². The predicted molar refractivity (Wildman–Crippen MR) is 163 cm³/mol. The smallest absolute Gasteiger partial charge is 0.146 e. The molecule has 7 heteroatoms. The molecule has 208 valence electrons. The molecule has 0 saturated carbocycles. The molecule has 2 aromatic carbocycles. The Morgan fingerprint density at radius 1 is 0.875 bits per heavy atom. The van der Waals surface area contributed by atoms with Gasteiger partial charge in [-0.2, -0.15) is 0 Å². The van der Waals surface area contributed by atoms with Gasteiger partial charge in [-0.25, -0.2) is 9.97 Å². The Hall–Kier alpha value is -2.84. The highest BCUT2D eigenvalue weighted by atomic mass is 32.1. The van der Waals surface area contributed by atoms with Crippen molar-refractivity contribution in [3.05, 3.63) is 88.1 Å². The number of aryl methyl sites for hydroxylation is 1. The van der Waals surface area contributed by atoms with Crippen LogP contribution in [-0.4, -0.2) is 72.3 Å². The van der Waals surface area contributed by atoms with E-state index in [1.807, 2.05) is 11.3 Å². The normalized spacial score (nSPS) is 20.8. The lowest BCUT2D eigenvalue weighted by atomic mass is 9.89. The number of hydrogen-bond donors (Lipinski definition) is 0. The van der Waals surface area contributed by atoms with Gasteiger partial charge < -0.3 is 9.64 Å². The third kappa shape index (κ3) is 5.28. The van der Waals surface area contributed by atoms with Crippen LogP contribution in [0, 0.1) is 5.92 Å². The highest BCUT2D eigenvalue weighted by Crippen LogP contribution is 2.41. The van der Waals surface area contributed by atoms with Crippen molar-refractivity contribution in [2.45, 2.75) is 38.8 Å². The van der Waals surface area contributed by atoms with Gasteiger partial charge in [0, 0.05) is 44.1 Å². The van der Waals surface area contributed by atoms with Crippen LogP contribution in [0.5, 0.6) is 0 Å². The van der Waals surface area contributed by atoms with Crippen molar-refractivity contribution in [3.63, 3.8) is 0 Å². The van der Waals surface area contributed by atoms with Crippen molar-refractivity contribution in [2.75, 3.05) is 57.4 Å². The van der Waals surface area contributed by atoms with E-state index < -0.39 is 0 Å². The maximum Gasteiger partial charge on any atom is 0.146 e. The Morgan fingerprint density at radius 2 is 1.55 bits per heavy atom. The lowest BCUT2D eigenvalue weighted by molar-refractivity contribution is 0.0331. The van der Waals surface area contributed by atoms with Crippen LogP contribution in [0.25, 0.3) is 10.2 Å². The first-order valence-corrected chi connectivity index (χ1v) is 15.7. The summed E-state index contributed by atoms with van der Waals surface area (Å²) in [5.41, 5.74) is 4.25. The second-order valence-electron chi connectivity index (χ2n) is 11.6. The Kier molecular flexibility index (Phi) is 7.54. The molecule has 0 spiro atoms. The molecule has 40 heavy (non-hydrogen) atoms. The Labute approximate surface area is 241 Å². The molecule has 6 nitrogen and oxygen atoms in total. The van der Waals surface area contributed by atoms with Gasteiger partial charge in [0.2, 0.25) is 0 Å². The summed E-state index contributed by atoms with van der Waals surface area (Å²) in [6, 6.07) is 22.2. The highest BCUT2D eigenvalue weighted by molar-refractivity contribution is 7.19. The SMILES string of the molecule is CC1CCc2c(sc3nc(CN4CCOCC4)nc(N4CCN(C(c5ccccc5)c5ccccc5)CC4)c23)C1. The number of morpholine rings is 1. The summed E-state index contributed by atoms with van der Waals surface area (Å²) < 4.78 is 5.59. The van der Waals surface area contributed by atoms with Gasteiger partial charge in [-0.3, -0.25) is 9.80 Å². The molecular weight excluding hydrogens is 514 g/mol. The fourth-order valence-electron chi connectivity index (χ4n) is 6.70. The molecule has 1 atom stereocenters. The summed E-state index contributed by atoms with van der Waals surface area (Å²) in [5, 5.41) is 1.34. The van der Waals surface area contributed by atoms with E-state index in [1.165, 1.54) is 45.6 Å². The highest BCUT2D eigenvalue weighted by Gasteiger charge is 2.30. The maximum absolute atomic E-state index is 5.59. The summed E-state index contributed by atoms with van der Waals surface area (Å²) in [6.45, 7) is 10.6. The molecule has 2 aromatic heterocycles. The summed E-state index contributed by atoms with van der Waals surface area (Å²) in [5.74, 6) is 2.89. The van der Waals surface area contributed by atoms with Crippen LogP contribution in [0.2, 0.25) is 0 Å². The molecule has 1 aliphatic carbocycles. The molecule has 0 bridgehead atoms. The van der Waals surface area contributed by atoms with Gasteiger partial charge in [0.05, 0.1) is 31.2 Å². The molecule has 4 aromatic rings. The molecule has 3 aliphatic rings. The van der Waals surface area contributed by atoms with Gasteiger partial charge in [-0.05, 0) is 41.9 Å². The maximum atomic E-state index is 5.59. The Balaban J connectivity index is 1.19. The number of rotatable bonds is 6. The van der Waals surface area contributed by atoms with Crippen LogP contribution < -0.4 is 4.90 Å². The number of hydrogen-bond acceptors (Lipinski definition) is 7. The zero-order valence-electron chi connectivity index (χ0n) is 23.5. The lowest BCUT2D eigenvalue weighted by Gasteiger charge is -2.40. The first kappa shape index (κ1) is 26.1. The fourth-order valence-corrected chi connectivity index (χ4v) is 8.10. The van der Waals surface area contributed by atoms with Crippen molar-refractivity contribution in [1.82, 2.24) is 19.8 Å². The number of benzene rings is 2. The van der Waals surface area contributed by atoms with Crippen LogP contribution in [0.15, 0.2) is 60.7 Å². The van der Waals surface area contributed by atoms with Gasteiger partial charge in [0.25, 0.3) is 0 Å². The number of aromatic nitrogens is 2. The first-order chi connectivity index (χ1) is 19.7. The molecule has 0 radical (unpaired) electrons. The van der Waals surface area contributed by atoms with Crippen LogP contribution in [0.4, 0.5) is 5.82 Å². The van der Waals surface area contributed by atoms with Crippen molar-refractivity contribution in [3.8, 4) is 0 Å². The van der Waals surface area contributed by atoms with E-state index in [4.69, 9.17) is 14.7 Å². The quantitative estimate of drug-likeness (QED) is 0.312. The molecule has 0 N–H and O–H groups in total. The second-order valence-corrected chi connectivity index (χ2v) is 12.7. The molecular formula is C33H39N5OS. The van der Waals surface area contributed by atoms with Gasteiger partial charge in [0.1, 0.15) is 16.5 Å². The molecule has 2 fully saturated rings. The average molecular weight is 554 g/mol. The summed E-state index contributed by atoms with van der Waals surface area (Å²) in [7, 11) is 0. The van der Waals surface area contributed by atoms with Crippen LogP contribution in [-0.2, 0) is 24.1 Å². The molecule has 0 amide bonds. The predicted octanol–water partition coefficient (Wildman–Crippen LogP) is 5.56. The molecule has 2 saturated heterocycles. The van der Waals surface area contributed by atoms with E-state index in [0.29, 0.717) is 0 Å². The molecule has 1 unspecified atom stereocenters. The molecule has 7 rings (SSSR count). The van der Waals surface area contributed by atoms with Crippen molar-refractivity contribution in [2.24, 2.45) is 5.92 Å². The minimum absolute atomic E-state index is 0.266. The summed E-state index contributed by atoms with van der Waals surface area (Å²) in [6.07, 6.45) is 3.59. The third-order valence-electron chi connectivity index (χ3n) is 8.86. The lowest BCUT2D eigenvalue weighted by Crippen LogP contribution is -2.48. The number of anilines is 1. The average Bonchev–Trinajstić information content (AvgIpc) is 3.36. The van der Waals surface area contributed by atoms with Gasteiger partial charge in [-0.1, -0.05) is 67.6 Å². The largest absolute Gasteiger partial charge is 0.379 e. The number of fused-ring (bicyclic) bond motifs is 3. The van der Waals surface area contributed by atoms with E-state index in [-0.39, 0.29) is 6.04 Å². The standard InChI is InChI=1S/C33H39N5OS/c1-24-12-13-27-28(22-24)40-33-30(27)32(34-29(35-33)23-36-18-20-39-21-19-36)38-16-14-37(15-17-38)31(25-8-4-2-5-9-25)26-10-6-3-7-11-26/h2-11,24,31H,12-23H2,1H3. The van der Waals surface area contributed by atoms with Crippen molar-refractivity contribution < 1.29 is 4.74 Å². The Bertz CT molecular complexity index is 1390. The van der Waals surface area contributed by atoms with Crippen LogP contribution in [0.3, 0.4) is 0 Å². The minimum atomic E-state index is 0.266. The van der Waals surface area contributed by atoms with E-state index in [9.17, 15) is 0 Å². The number of nitrogens with zero attached hydrogens (tertiary/aromatic N) is 5. The minimum Gasteiger partial charge on any atom is -0.379 e. The monoisotopic (exact) mass is 553 g/mol. The zero-order chi connectivity index (χ0) is 26.9. The van der Waals surface area contributed by atoms with Crippen molar-refractivity contribution >= 4 is 27.4 Å². The molecule has 2 aliphatic heterocycles. The van der Waals surface area contributed by atoms with Gasteiger partial charge >= 0.3 is 0 Å². The summed E-state index contributed by atoms with van der Waals surface area (Å²) in [4.78, 5) is 20.9. The second kappa shape index (κ2) is 11.6.